The fraction of sp³-hybridized carbons (Fsp3) is 0.571. The molecule has 0 radical (unpaired) electrons. The van der Waals surface area contributed by atoms with Crippen molar-refractivity contribution in [3.05, 3.63) is 52.5 Å². The molecule has 0 heterocycles. The number of thiol groups is 1. The number of anilines is 1. The van der Waals surface area contributed by atoms with E-state index < -0.39 is 34.7 Å². The molecule has 4 aliphatic rings. The molecule has 194 valence electrons. The van der Waals surface area contributed by atoms with Crippen LogP contribution in [0.1, 0.15) is 57.9 Å². The fourth-order valence-corrected chi connectivity index (χ4v) is 8.60. The molecule has 0 unspecified atom stereocenters. The van der Waals surface area contributed by atoms with Crippen LogP contribution in [0.5, 0.6) is 0 Å². The van der Waals surface area contributed by atoms with Crippen LogP contribution in [-0.4, -0.2) is 38.4 Å². The van der Waals surface area contributed by atoms with Crippen molar-refractivity contribution in [2.75, 3.05) is 5.32 Å². The molecule has 0 aromatic heterocycles. The van der Waals surface area contributed by atoms with Crippen LogP contribution in [0.3, 0.4) is 0 Å². The topological polar surface area (TPSA) is 114 Å². The molecule has 0 aliphatic heterocycles. The third kappa shape index (κ3) is 3.56. The maximum absolute atomic E-state index is 13.9. The Labute approximate surface area is 216 Å². The number of fused-ring (bicyclic) bond motifs is 5. The Balaban J connectivity index is 1.47. The van der Waals surface area contributed by atoms with Crippen LogP contribution < -0.4 is 5.32 Å². The normalized spacial score (nSPS) is 39.6. The first-order valence-corrected chi connectivity index (χ1v) is 13.2. The largest absolute Gasteiger partial charge is 0.393 e. The number of benzene rings is 1. The van der Waals surface area contributed by atoms with Crippen molar-refractivity contribution in [3.63, 3.8) is 0 Å². The zero-order chi connectivity index (χ0) is 26.0. The molecule has 5 rings (SSSR count). The average molecular weight is 515 g/mol. The maximum Gasteiger partial charge on any atom is 0.218 e. The number of allylic oxidation sites excluding steroid dienone is 3. The van der Waals surface area contributed by atoms with E-state index in [1.807, 2.05) is 6.92 Å². The van der Waals surface area contributed by atoms with Gasteiger partial charge in [0.25, 0.3) is 0 Å². The van der Waals surface area contributed by atoms with Crippen molar-refractivity contribution >= 4 is 29.6 Å². The van der Waals surface area contributed by atoms with Crippen molar-refractivity contribution in [3.8, 4) is 0 Å². The highest BCUT2D eigenvalue weighted by Gasteiger charge is 2.68. The Kier molecular flexibility index (Phi) is 6.26. The predicted octanol–water partition coefficient (Wildman–Crippen LogP) is 4.36. The van der Waals surface area contributed by atoms with E-state index in [1.54, 1.807) is 12.1 Å². The number of carbonyl (C=O) groups is 1. The first kappa shape index (κ1) is 25.6. The van der Waals surface area contributed by atoms with Gasteiger partial charge in [0.05, 0.1) is 12.7 Å². The molecular formula is C28H35FN2O4S. The minimum Gasteiger partial charge on any atom is -0.393 e. The molecule has 4 aliphatic carbocycles. The lowest BCUT2D eigenvalue weighted by Gasteiger charge is -2.60. The number of halogens is 1. The third-order valence-electron chi connectivity index (χ3n) is 10.1. The predicted molar refractivity (Wildman–Crippen MR) is 139 cm³/mol. The smallest absolute Gasteiger partial charge is 0.218 e. The van der Waals surface area contributed by atoms with E-state index in [2.05, 4.69) is 30.9 Å². The van der Waals surface area contributed by atoms with E-state index >= 15 is 0 Å². The van der Waals surface area contributed by atoms with Gasteiger partial charge in [0.2, 0.25) is 5.12 Å². The van der Waals surface area contributed by atoms with Crippen LogP contribution in [0.25, 0.3) is 0 Å². The second-order valence-electron chi connectivity index (χ2n) is 11.7. The molecule has 0 bridgehead atoms. The number of carbonyl (C=O) groups excluding carboxylic acids is 1. The van der Waals surface area contributed by atoms with E-state index in [9.17, 15) is 24.5 Å². The Morgan fingerprint density at radius 2 is 2.08 bits per heavy atom. The van der Waals surface area contributed by atoms with Crippen LogP contribution in [0, 0.1) is 39.8 Å². The van der Waals surface area contributed by atoms with Gasteiger partial charge >= 0.3 is 0 Å². The standard InChI is InChI=1S/C28H35FN2O4S/c1-26-11-16(13-30)22(31-18-4-6-21(29)15(9-18)14-32)10-17(26)3-5-19-20-7-8-28(35,25(34)36)27(20,2)12-23(33)24(19)26/h4,6,9-10,13,19-20,23-24,30-33,35H,3,5,7-8,11-12,14H2,1-2H3,(H,34,36)/t19-,20-,23-,24+,26-,27-,28-/m0/s1. The highest BCUT2D eigenvalue weighted by Crippen LogP contribution is 2.68. The van der Waals surface area contributed by atoms with Crippen molar-refractivity contribution in [2.45, 2.75) is 70.7 Å². The average Bonchev–Trinajstić information content (AvgIpc) is 3.11. The molecule has 5 N–H and O–H groups in total. The Morgan fingerprint density at radius 3 is 2.75 bits per heavy atom. The van der Waals surface area contributed by atoms with Gasteiger partial charge in [0.15, 0.2) is 0 Å². The van der Waals surface area contributed by atoms with Crippen LogP contribution in [0.2, 0.25) is 0 Å². The summed E-state index contributed by atoms with van der Waals surface area (Å²) < 4.78 is 13.9. The van der Waals surface area contributed by atoms with E-state index in [4.69, 9.17) is 5.41 Å². The quantitative estimate of drug-likeness (QED) is 0.258. The summed E-state index contributed by atoms with van der Waals surface area (Å²) in [5.41, 5.74) is 1.04. The van der Waals surface area contributed by atoms with Crippen molar-refractivity contribution in [1.82, 2.24) is 0 Å². The molecule has 0 amide bonds. The highest BCUT2D eigenvalue weighted by atomic mass is 32.1. The first-order valence-electron chi connectivity index (χ1n) is 12.7. The number of hydrogen-bond acceptors (Lipinski definition) is 6. The lowest BCUT2D eigenvalue weighted by Crippen LogP contribution is -2.61. The Hall–Kier alpha value is -2.00. The molecule has 7 atom stereocenters. The lowest BCUT2D eigenvalue weighted by atomic mass is 9.45. The molecule has 0 spiro atoms. The Bertz CT molecular complexity index is 1180. The molecule has 3 saturated carbocycles. The zero-order valence-electron chi connectivity index (χ0n) is 20.7. The van der Waals surface area contributed by atoms with Gasteiger partial charge in [-0.1, -0.05) is 19.4 Å². The van der Waals surface area contributed by atoms with E-state index in [1.165, 1.54) is 17.9 Å². The van der Waals surface area contributed by atoms with Crippen LogP contribution in [0.15, 0.2) is 41.1 Å². The van der Waals surface area contributed by atoms with Gasteiger partial charge in [-0.2, -0.15) is 0 Å². The third-order valence-corrected chi connectivity index (χ3v) is 10.4. The molecular weight excluding hydrogens is 479 g/mol. The molecule has 3 fully saturated rings. The SMILES string of the molecule is C[C@]12CC(C=N)=C(Nc3ccc(F)c(CO)c3)C=C1CC[C@@H]1[C@@H]2[C@@H](O)C[C@@]2(C)[C@H]1CC[C@]2(O)C(=O)S. The van der Waals surface area contributed by atoms with Gasteiger partial charge in [0, 0.05) is 28.6 Å². The summed E-state index contributed by atoms with van der Waals surface area (Å²) in [4.78, 5) is 12.4. The fourth-order valence-electron chi connectivity index (χ4n) is 8.23. The molecule has 1 aromatic carbocycles. The van der Waals surface area contributed by atoms with Crippen LogP contribution in [-0.2, 0) is 11.4 Å². The number of aliphatic hydroxyl groups is 3. The number of aliphatic hydroxyl groups excluding tert-OH is 2. The summed E-state index contributed by atoms with van der Waals surface area (Å²) in [6.07, 6.45) is 6.45. The number of rotatable bonds is 5. The maximum atomic E-state index is 13.9. The van der Waals surface area contributed by atoms with Gasteiger partial charge in [-0.05, 0) is 91.5 Å². The second kappa shape index (κ2) is 8.79. The summed E-state index contributed by atoms with van der Waals surface area (Å²) >= 11 is 4.03. The first-order chi connectivity index (χ1) is 17.0. The van der Waals surface area contributed by atoms with Gasteiger partial charge in [0.1, 0.15) is 11.4 Å². The minimum absolute atomic E-state index is 0.0451. The van der Waals surface area contributed by atoms with Crippen LogP contribution >= 0.6 is 12.6 Å². The van der Waals surface area contributed by atoms with Gasteiger partial charge in [-0.25, -0.2) is 4.39 Å². The van der Waals surface area contributed by atoms with Crippen molar-refractivity contribution in [1.29, 1.82) is 5.41 Å². The molecule has 36 heavy (non-hydrogen) atoms. The zero-order valence-corrected chi connectivity index (χ0v) is 21.6. The second-order valence-corrected chi connectivity index (χ2v) is 12.1. The van der Waals surface area contributed by atoms with Crippen LogP contribution in [0.4, 0.5) is 10.1 Å². The minimum atomic E-state index is -1.52. The summed E-state index contributed by atoms with van der Waals surface area (Å²) in [6.45, 7) is 3.72. The van der Waals surface area contributed by atoms with Gasteiger partial charge in [-0.15, -0.1) is 12.6 Å². The monoisotopic (exact) mass is 514 g/mol. The number of hydrogen-bond donors (Lipinski definition) is 6. The summed E-state index contributed by atoms with van der Waals surface area (Å²) in [5, 5.41) is 43.2. The van der Waals surface area contributed by atoms with E-state index in [0.29, 0.717) is 24.9 Å². The molecule has 0 saturated heterocycles. The molecule has 6 nitrogen and oxygen atoms in total. The van der Waals surface area contributed by atoms with Crippen molar-refractivity contribution in [2.24, 2.45) is 28.6 Å². The number of nitrogens with one attached hydrogen (secondary N) is 2. The van der Waals surface area contributed by atoms with E-state index in [-0.39, 0.29) is 28.7 Å². The highest BCUT2D eigenvalue weighted by molar-refractivity contribution is 7.96. The Morgan fingerprint density at radius 1 is 1.33 bits per heavy atom. The summed E-state index contributed by atoms with van der Waals surface area (Å²) in [7, 11) is 0. The molecule has 1 aromatic rings. The van der Waals surface area contributed by atoms with E-state index in [0.717, 1.165) is 30.5 Å². The van der Waals surface area contributed by atoms with Gasteiger partial charge in [-0.3, -0.25) is 4.79 Å². The summed E-state index contributed by atoms with van der Waals surface area (Å²) in [5.74, 6) is -0.230. The summed E-state index contributed by atoms with van der Waals surface area (Å²) in [6, 6.07) is 4.50. The lowest BCUT2D eigenvalue weighted by molar-refractivity contribution is -0.173. The van der Waals surface area contributed by atoms with Crippen molar-refractivity contribution < 1.29 is 24.5 Å². The van der Waals surface area contributed by atoms with Gasteiger partial charge < -0.3 is 26.0 Å². The molecule has 8 heteroatoms.